The van der Waals surface area contributed by atoms with Gasteiger partial charge in [0, 0.05) is 6.61 Å². The highest BCUT2D eigenvalue weighted by Crippen LogP contribution is 2.19. The Hall–Kier alpha value is -1.06. The molecular weight excluding hydrogens is 228 g/mol. The summed E-state index contributed by atoms with van der Waals surface area (Å²) in [5.41, 5.74) is 0.934. The predicted molar refractivity (Wildman–Crippen MR) is 72.9 cm³/mol. The van der Waals surface area contributed by atoms with E-state index in [0.717, 1.165) is 37.2 Å². The van der Waals surface area contributed by atoms with Crippen LogP contribution in [0, 0.1) is 0 Å². The first-order chi connectivity index (χ1) is 8.77. The molecule has 102 valence electrons. The second-order valence-electron chi connectivity index (χ2n) is 4.31. The molecule has 1 N–H and O–H groups in total. The molecule has 0 amide bonds. The zero-order valence-corrected chi connectivity index (χ0v) is 11.4. The Bertz CT molecular complexity index is 308. The first-order valence-corrected chi connectivity index (χ1v) is 6.76. The summed E-state index contributed by atoms with van der Waals surface area (Å²) in [6.45, 7) is 6.11. The van der Waals surface area contributed by atoms with Crippen molar-refractivity contribution in [3.63, 3.8) is 0 Å². The maximum Gasteiger partial charge on any atom is 0.119 e. The fourth-order valence-corrected chi connectivity index (χ4v) is 1.59. The molecule has 0 heterocycles. The highest BCUT2D eigenvalue weighted by molar-refractivity contribution is 5.28. The van der Waals surface area contributed by atoms with Gasteiger partial charge in [0.25, 0.3) is 0 Å². The molecule has 0 saturated carbocycles. The lowest BCUT2D eigenvalue weighted by Crippen LogP contribution is -2.07. The third kappa shape index (κ3) is 5.52. The molecule has 0 saturated heterocycles. The summed E-state index contributed by atoms with van der Waals surface area (Å²) in [7, 11) is 0. The van der Waals surface area contributed by atoms with Crippen molar-refractivity contribution < 1.29 is 14.6 Å². The van der Waals surface area contributed by atoms with Crippen molar-refractivity contribution in [2.75, 3.05) is 19.8 Å². The van der Waals surface area contributed by atoms with Crippen molar-refractivity contribution in [1.82, 2.24) is 0 Å². The van der Waals surface area contributed by atoms with Crippen molar-refractivity contribution in [3.05, 3.63) is 29.8 Å². The number of aliphatic hydroxyl groups excluding tert-OH is 1. The zero-order valence-electron chi connectivity index (χ0n) is 11.4. The number of benzene rings is 1. The van der Waals surface area contributed by atoms with Crippen LogP contribution in [0.4, 0.5) is 0 Å². The normalized spacial score (nSPS) is 12.4. The van der Waals surface area contributed by atoms with Crippen molar-refractivity contribution in [1.29, 1.82) is 0 Å². The first-order valence-electron chi connectivity index (χ1n) is 6.76. The van der Waals surface area contributed by atoms with Gasteiger partial charge in [-0.05, 0) is 30.5 Å². The lowest BCUT2D eigenvalue weighted by Gasteiger charge is -2.10. The molecule has 0 aliphatic carbocycles. The highest BCUT2D eigenvalue weighted by atomic mass is 16.5. The van der Waals surface area contributed by atoms with Crippen LogP contribution >= 0.6 is 0 Å². The lowest BCUT2D eigenvalue weighted by atomic mass is 10.1. The smallest absolute Gasteiger partial charge is 0.119 e. The maximum atomic E-state index is 9.66. The van der Waals surface area contributed by atoms with Gasteiger partial charge in [0.1, 0.15) is 12.4 Å². The quantitative estimate of drug-likeness (QED) is 0.685. The van der Waals surface area contributed by atoms with Crippen molar-refractivity contribution in [2.24, 2.45) is 0 Å². The maximum absolute atomic E-state index is 9.66. The van der Waals surface area contributed by atoms with E-state index in [1.165, 1.54) is 0 Å². The van der Waals surface area contributed by atoms with Gasteiger partial charge in [0.2, 0.25) is 0 Å². The minimum atomic E-state index is -0.378. The van der Waals surface area contributed by atoms with Gasteiger partial charge in [0.05, 0.1) is 12.7 Å². The molecule has 0 radical (unpaired) electrons. The fourth-order valence-electron chi connectivity index (χ4n) is 1.59. The SMILES string of the molecule is CCCCOCCOc1ccc([C@@H](O)CC)cc1. The molecule has 0 aromatic heterocycles. The minimum absolute atomic E-state index is 0.378. The van der Waals surface area contributed by atoms with Gasteiger partial charge in [-0.3, -0.25) is 0 Å². The molecule has 0 bridgehead atoms. The number of hydrogen-bond acceptors (Lipinski definition) is 3. The standard InChI is InChI=1S/C15H24O3/c1-3-5-10-17-11-12-18-14-8-6-13(7-9-14)15(16)4-2/h6-9,15-16H,3-5,10-12H2,1-2H3/t15-/m0/s1. The summed E-state index contributed by atoms with van der Waals surface area (Å²) in [5, 5.41) is 9.66. The van der Waals surface area contributed by atoms with E-state index >= 15 is 0 Å². The average molecular weight is 252 g/mol. The Morgan fingerprint density at radius 2 is 1.78 bits per heavy atom. The summed E-state index contributed by atoms with van der Waals surface area (Å²) >= 11 is 0. The lowest BCUT2D eigenvalue weighted by molar-refractivity contribution is 0.0980. The van der Waals surface area contributed by atoms with Gasteiger partial charge in [-0.2, -0.15) is 0 Å². The van der Waals surface area contributed by atoms with E-state index in [4.69, 9.17) is 9.47 Å². The Kier molecular flexibility index (Phi) is 7.46. The molecule has 1 aromatic carbocycles. The number of hydrogen-bond donors (Lipinski definition) is 1. The zero-order chi connectivity index (χ0) is 13.2. The Labute approximate surface area is 110 Å². The number of aliphatic hydroxyl groups is 1. The topological polar surface area (TPSA) is 38.7 Å². The van der Waals surface area contributed by atoms with Crippen molar-refractivity contribution >= 4 is 0 Å². The third-order valence-electron chi connectivity index (χ3n) is 2.79. The van der Waals surface area contributed by atoms with E-state index in [-0.39, 0.29) is 6.10 Å². The molecule has 0 spiro atoms. The van der Waals surface area contributed by atoms with Crippen LogP contribution in [-0.4, -0.2) is 24.9 Å². The van der Waals surface area contributed by atoms with Gasteiger partial charge in [0.15, 0.2) is 0 Å². The highest BCUT2D eigenvalue weighted by Gasteiger charge is 2.04. The monoisotopic (exact) mass is 252 g/mol. The molecule has 1 atom stereocenters. The number of rotatable bonds is 9. The molecule has 1 aromatic rings. The van der Waals surface area contributed by atoms with Crippen molar-refractivity contribution in [2.45, 2.75) is 39.2 Å². The second kappa shape index (κ2) is 8.95. The molecule has 1 rings (SSSR count). The number of ether oxygens (including phenoxy) is 2. The van der Waals surface area contributed by atoms with Gasteiger partial charge in [-0.25, -0.2) is 0 Å². The van der Waals surface area contributed by atoms with Crippen molar-refractivity contribution in [3.8, 4) is 5.75 Å². The number of unbranched alkanes of at least 4 members (excludes halogenated alkanes) is 1. The van der Waals surface area contributed by atoms with E-state index < -0.39 is 0 Å². The fraction of sp³-hybridized carbons (Fsp3) is 0.600. The minimum Gasteiger partial charge on any atom is -0.491 e. The summed E-state index contributed by atoms with van der Waals surface area (Å²) in [6, 6.07) is 7.59. The van der Waals surface area contributed by atoms with Gasteiger partial charge >= 0.3 is 0 Å². The summed E-state index contributed by atoms with van der Waals surface area (Å²) in [6.07, 6.45) is 2.60. The van der Waals surface area contributed by atoms with E-state index in [1.807, 2.05) is 31.2 Å². The largest absolute Gasteiger partial charge is 0.491 e. The summed E-state index contributed by atoms with van der Waals surface area (Å²) in [5.74, 6) is 0.821. The van der Waals surface area contributed by atoms with Crippen LogP contribution in [0.25, 0.3) is 0 Å². The molecule has 3 heteroatoms. The second-order valence-corrected chi connectivity index (χ2v) is 4.31. The van der Waals surface area contributed by atoms with Gasteiger partial charge < -0.3 is 14.6 Å². The van der Waals surface area contributed by atoms with E-state index in [2.05, 4.69) is 6.92 Å². The molecule has 0 fully saturated rings. The Morgan fingerprint density at radius 1 is 1.06 bits per heavy atom. The van der Waals surface area contributed by atoms with Crippen LogP contribution in [0.3, 0.4) is 0 Å². The van der Waals surface area contributed by atoms with Crippen LogP contribution < -0.4 is 4.74 Å². The first kappa shape index (κ1) is 15.0. The molecule has 3 nitrogen and oxygen atoms in total. The predicted octanol–water partition coefficient (Wildman–Crippen LogP) is 3.33. The molecule has 0 aliphatic heterocycles. The van der Waals surface area contributed by atoms with Crippen LogP contribution in [0.15, 0.2) is 24.3 Å². The average Bonchev–Trinajstić information content (AvgIpc) is 2.42. The molecule has 18 heavy (non-hydrogen) atoms. The summed E-state index contributed by atoms with van der Waals surface area (Å²) < 4.78 is 11.0. The Balaban J connectivity index is 2.22. The molecule has 0 unspecified atom stereocenters. The van der Waals surface area contributed by atoms with Gasteiger partial charge in [-0.1, -0.05) is 32.4 Å². The molecular formula is C15H24O3. The summed E-state index contributed by atoms with van der Waals surface area (Å²) in [4.78, 5) is 0. The molecule has 0 aliphatic rings. The van der Waals surface area contributed by atoms with Gasteiger partial charge in [-0.15, -0.1) is 0 Å². The van der Waals surface area contributed by atoms with Crippen LogP contribution in [0.1, 0.15) is 44.8 Å². The van der Waals surface area contributed by atoms with E-state index in [0.29, 0.717) is 13.2 Å². The third-order valence-corrected chi connectivity index (χ3v) is 2.79. The van der Waals surface area contributed by atoms with Crippen LogP contribution in [0.5, 0.6) is 5.75 Å². The van der Waals surface area contributed by atoms with E-state index in [9.17, 15) is 5.11 Å². The van der Waals surface area contributed by atoms with Crippen LogP contribution in [-0.2, 0) is 4.74 Å². The van der Waals surface area contributed by atoms with Crippen LogP contribution in [0.2, 0.25) is 0 Å². The van der Waals surface area contributed by atoms with E-state index in [1.54, 1.807) is 0 Å². The Morgan fingerprint density at radius 3 is 2.39 bits per heavy atom.